The van der Waals surface area contributed by atoms with Crippen molar-refractivity contribution in [2.45, 2.75) is 26.4 Å². The number of ether oxygens (including phenoxy) is 1. The summed E-state index contributed by atoms with van der Waals surface area (Å²) in [6.45, 7) is 5.39. The summed E-state index contributed by atoms with van der Waals surface area (Å²) >= 11 is 5.08. The van der Waals surface area contributed by atoms with Crippen LogP contribution in [0.15, 0.2) is 12.1 Å². The first kappa shape index (κ1) is 21.2. The number of anilines is 2. The van der Waals surface area contributed by atoms with Crippen LogP contribution in [0, 0.1) is 11.6 Å². The topological polar surface area (TPSA) is 65.1 Å². The Balaban J connectivity index is 1.70. The van der Waals surface area contributed by atoms with Gasteiger partial charge in [-0.25, -0.2) is 13.6 Å². The molecule has 1 atom stereocenters. The molecule has 0 bridgehead atoms. The molecule has 0 spiro atoms. The van der Waals surface area contributed by atoms with Gasteiger partial charge in [0.2, 0.25) is 5.91 Å². The number of benzene rings is 1. The zero-order valence-corrected chi connectivity index (χ0v) is 17.2. The lowest BCUT2D eigenvalue weighted by Gasteiger charge is -2.36. The molecule has 0 radical (unpaired) electrons. The Labute approximate surface area is 173 Å². The number of nitrogens with zero attached hydrogens (tertiary/aromatic N) is 3. The number of piperazine rings is 1. The number of carbonyl (C=O) groups is 2. The summed E-state index contributed by atoms with van der Waals surface area (Å²) in [5.41, 5.74) is -0.0345. The number of rotatable bonds is 5. The lowest BCUT2D eigenvalue weighted by atomic mass is 10.2. The van der Waals surface area contributed by atoms with Crippen molar-refractivity contribution in [1.82, 2.24) is 10.2 Å². The quantitative estimate of drug-likeness (QED) is 0.729. The smallest absolute Gasteiger partial charge is 0.414 e. The van der Waals surface area contributed by atoms with E-state index in [4.69, 9.17) is 17.0 Å². The molecule has 1 unspecified atom stereocenters. The van der Waals surface area contributed by atoms with Gasteiger partial charge in [-0.15, -0.1) is 0 Å². The molecule has 7 nitrogen and oxygen atoms in total. The predicted octanol–water partition coefficient (Wildman–Crippen LogP) is 2.29. The van der Waals surface area contributed by atoms with E-state index >= 15 is 0 Å². The highest BCUT2D eigenvalue weighted by Crippen LogP contribution is 2.31. The van der Waals surface area contributed by atoms with Gasteiger partial charge in [0.1, 0.15) is 11.8 Å². The van der Waals surface area contributed by atoms with Gasteiger partial charge in [0.15, 0.2) is 11.6 Å². The van der Waals surface area contributed by atoms with Gasteiger partial charge in [0.05, 0.1) is 23.8 Å². The van der Waals surface area contributed by atoms with Crippen molar-refractivity contribution in [1.29, 1.82) is 0 Å². The zero-order chi connectivity index (χ0) is 21.1. The Bertz CT molecular complexity index is 792. The predicted molar refractivity (Wildman–Crippen MR) is 109 cm³/mol. The molecule has 0 saturated carbocycles. The molecule has 2 fully saturated rings. The number of amides is 2. The van der Waals surface area contributed by atoms with Crippen molar-refractivity contribution in [3.63, 3.8) is 0 Å². The van der Waals surface area contributed by atoms with Crippen molar-refractivity contribution in [2.75, 3.05) is 49.1 Å². The first-order valence-electron chi connectivity index (χ1n) is 9.54. The van der Waals surface area contributed by atoms with Gasteiger partial charge in [-0.2, -0.15) is 0 Å². The van der Waals surface area contributed by atoms with Crippen molar-refractivity contribution in [3.05, 3.63) is 23.8 Å². The number of thiocarbonyl (C=S) groups is 1. The molecule has 0 aliphatic carbocycles. The van der Waals surface area contributed by atoms with E-state index < -0.39 is 23.8 Å². The summed E-state index contributed by atoms with van der Waals surface area (Å²) in [5, 5.41) is 3.00. The normalized spacial score (nSPS) is 19.4. The molecular formula is C19H24F2N4O3S. The van der Waals surface area contributed by atoms with Crippen LogP contribution in [0.1, 0.15) is 20.3 Å². The maximum Gasteiger partial charge on any atom is 0.414 e. The lowest BCUT2D eigenvalue weighted by Crippen LogP contribution is -2.48. The molecule has 2 saturated heterocycles. The molecule has 2 heterocycles. The van der Waals surface area contributed by atoms with Crippen LogP contribution >= 0.6 is 12.2 Å². The largest absolute Gasteiger partial charge is 0.442 e. The molecular weight excluding hydrogens is 402 g/mol. The fourth-order valence-electron chi connectivity index (χ4n) is 3.45. The maximum atomic E-state index is 14.8. The number of halogens is 2. The van der Waals surface area contributed by atoms with Crippen LogP contribution in [-0.4, -0.2) is 67.3 Å². The molecule has 1 aromatic carbocycles. The summed E-state index contributed by atoms with van der Waals surface area (Å²) in [7, 11) is 0. The number of cyclic esters (lactones) is 1. The summed E-state index contributed by atoms with van der Waals surface area (Å²) in [6, 6.07) is 2.28. The van der Waals surface area contributed by atoms with Crippen molar-refractivity contribution in [3.8, 4) is 0 Å². The minimum atomic E-state index is -0.752. The van der Waals surface area contributed by atoms with E-state index in [1.807, 2.05) is 6.92 Å². The summed E-state index contributed by atoms with van der Waals surface area (Å²) in [4.78, 5) is 28.7. The Morgan fingerprint density at radius 2 is 1.86 bits per heavy atom. The molecule has 158 valence electrons. The van der Waals surface area contributed by atoms with Crippen LogP contribution in [0.5, 0.6) is 0 Å². The standard InChI is InChI=1S/C19H24F2N4O3S/c1-3-17(29)22-10-14-11-25(19(27)28-14)13-8-15(20)18(16(21)9-13)24-6-4-23(5-7-24)12(2)26/h8-9,14H,3-7,10-11H2,1-2H3,(H,22,29). The van der Waals surface area contributed by atoms with Gasteiger partial charge in [-0.05, 0) is 6.42 Å². The number of nitrogens with one attached hydrogen (secondary N) is 1. The van der Waals surface area contributed by atoms with Crippen molar-refractivity contribution >= 4 is 40.6 Å². The summed E-state index contributed by atoms with van der Waals surface area (Å²) in [5.74, 6) is -1.56. The SMILES string of the molecule is CCC(=S)NCC1CN(c2cc(F)c(N3CCN(C(C)=O)CC3)c(F)c2)C(=O)O1. The molecule has 3 rings (SSSR count). The van der Waals surface area contributed by atoms with Gasteiger partial charge >= 0.3 is 6.09 Å². The van der Waals surface area contributed by atoms with Crippen LogP contribution < -0.4 is 15.1 Å². The van der Waals surface area contributed by atoms with Gasteiger partial charge < -0.3 is 19.9 Å². The van der Waals surface area contributed by atoms with Gasteiger partial charge in [-0.3, -0.25) is 9.69 Å². The van der Waals surface area contributed by atoms with Gasteiger partial charge in [0.25, 0.3) is 0 Å². The van der Waals surface area contributed by atoms with Gasteiger partial charge in [-0.1, -0.05) is 19.1 Å². The van der Waals surface area contributed by atoms with Crippen LogP contribution in [-0.2, 0) is 9.53 Å². The number of hydrogen-bond acceptors (Lipinski definition) is 5. The summed E-state index contributed by atoms with van der Waals surface area (Å²) < 4.78 is 34.8. The lowest BCUT2D eigenvalue weighted by molar-refractivity contribution is -0.129. The first-order chi connectivity index (χ1) is 13.8. The fraction of sp³-hybridized carbons (Fsp3) is 0.526. The monoisotopic (exact) mass is 426 g/mol. The van der Waals surface area contributed by atoms with E-state index in [9.17, 15) is 18.4 Å². The first-order valence-corrected chi connectivity index (χ1v) is 9.95. The third-order valence-corrected chi connectivity index (χ3v) is 5.51. The molecule has 29 heavy (non-hydrogen) atoms. The van der Waals surface area contributed by atoms with Crippen LogP contribution in [0.4, 0.5) is 25.0 Å². The Hall–Kier alpha value is -2.49. The van der Waals surface area contributed by atoms with Crippen molar-refractivity contribution in [2.24, 2.45) is 0 Å². The van der Waals surface area contributed by atoms with Crippen LogP contribution in [0.25, 0.3) is 0 Å². The molecule has 1 aromatic rings. The average molecular weight is 426 g/mol. The highest BCUT2D eigenvalue weighted by Gasteiger charge is 2.34. The highest BCUT2D eigenvalue weighted by molar-refractivity contribution is 7.80. The molecule has 2 aliphatic heterocycles. The number of carbonyl (C=O) groups excluding carboxylic acids is 2. The fourth-order valence-corrected chi connectivity index (χ4v) is 3.53. The van der Waals surface area contributed by atoms with Gasteiger partial charge in [0, 0.05) is 45.2 Å². The molecule has 1 N–H and O–H groups in total. The van der Waals surface area contributed by atoms with Crippen molar-refractivity contribution < 1.29 is 23.1 Å². The second-order valence-electron chi connectivity index (χ2n) is 7.03. The van der Waals surface area contributed by atoms with E-state index in [-0.39, 0.29) is 23.8 Å². The van der Waals surface area contributed by atoms with E-state index in [0.717, 1.165) is 12.1 Å². The third-order valence-electron chi connectivity index (χ3n) is 5.08. The summed E-state index contributed by atoms with van der Waals surface area (Å²) in [6.07, 6.45) is -0.434. The minimum Gasteiger partial charge on any atom is -0.442 e. The Morgan fingerprint density at radius 3 is 2.41 bits per heavy atom. The average Bonchev–Trinajstić information content (AvgIpc) is 3.06. The molecule has 0 aromatic heterocycles. The minimum absolute atomic E-state index is 0.0581. The maximum absolute atomic E-state index is 14.8. The molecule has 2 aliphatic rings. The second kappa shape index (κ2) is 8.89. The van der Waals surface area contributed by atoms with Crippen LogP contribution in [0.2, 0.25) is 0 Å². The molecule has 10 heteroatoms. The highest BCUT2D eigenvalue weighted by atomic mass is 32.1. The third kappa shape index (κ3) is 4.75. The second-order valence-corrected chi connectivity index (χ2v) is 7.52. The number of hydrogen-bond donors (Lipinski definition) is 1. The van der Waals surface area contributed by atoms with E-state index in [1.165, 1.54) is 11.8 Å². The Morgan fingerprint density at radius 1 is 1.24 bits per heavy atom. The zero-order valence-electron chi connectivity index (χ0n) is 16.4. The van der Waals surface area contributed by atoms with E-state index in [1.54, 1.807) is 9.80 Å². The van der Waals surface area contributed by atoms with E-state index in [0.29, 0.717) is 44.1 Å². The Kier molecular flexibility index (Phi) is 6.51. The molecule has 2 amide bonds. The van der Waals surface area contributed by atoms with Crippen LogP contribution in [0.3, 0.4) is 0 Å². The van der Waals surface area contributed by atoms with E-state index in [2.05, 4.69) is 5.32 Å².